The van der Waals surface area contributed by atoms with Gasteiger partial charge in [0.2, 0.25) is 0 Å². The second kappa shape index (κ2) is 7.46. The fraction of sp³-hybridized carbons (Fsp3) is 0.529. The Kier molecular flexibility index (Phi) is 6.15. The SMILES string of the molecule is CCC(C(=O)Nc1c(C)cc(OC)cc1C(=O)OC)[N+](C)(C)C. The fourth-order valence-corrected chi connectivity index (χ4v) is 2.60. The largest absolute Gasteiger partial charge is 0.497 e. The fourth-order valence-electron chi connectivity index (χ4n) is 2.60. The molecule has 1 N–H and O–H groups in total. The molecule has 1 unspecified atom stereocenters. The number of carbonyl (C=O) groups excluding carboxylic acids is 2. The third-order valence-corrected chi connectivity index (χ3v) is 3.82. The Morgan fingerprint density at radius 3 is 2.26 bits per heavy atom. The molecule has 6 heteroatoms. The topological polar surface area (TPSA) is 64.6 Å². The Labute approximate surface area is 138 Å². The van der Waals surface area contributed by atoms with Gasteiger partial charge >= 0.3 is 5.97 Å². The van der Waals surface area contributed by atoms with Crippen LogP contribution in [0.3, 0.4) is 0 Å². The molecule has 0 spiro atoms. The summed E-state index contributed by atoms with van der Waals surface area (Å²) in [5.41, 5.74) is 1.50. The van der Waals surface area contributed by atoms with E-state index in [0.717, 1.165) is 5.56 Å². The average molecular weight is 323 g/mol. The van der Waals surface area contributed by atoms with Crippen LogP contribution in [0.4, 0.5) is 5.69 Å². The molecule has 0 saturated heterocycles. The molecule has 1 amide bonds. The lowest BCUT2D eigenvalue weighted by Gasteiger charge is -2.32. The van der Waals surface area contributed by atoms with E-state index in [1.165, 1.54) is 14.2 Å². The predicted molar refractivity (Wildman–Crippen MR) is 89.8 cm³/mol. The second-order valence-corrected chi connectivity index (χ2v) is 6.39. The van der Waals surface area contributed by atoms with E-state index in [1.54, 1.807) is 12.1 Å². The van der Waals surface area contributed by atoms with Gasteiger partial charge in [-0.2, -0.15) is 0 Å². The summed E-state index contributed by atoms with van der Waals surface area (Å²) in [6.45, 7) is 3.79. The van der Waals surface area contributed by atoms with Gasteiger partial charge in [-0.3, -0.25) is 4.79 Å². The molecule has 1 atom stereocenters. The minimum Gasteiger partial charge on any atom is -0.497 e. The van der Waals surface area contributed by atoms with Crippen LogP contribution in [0, 0.1) is 6.92 Å². The summed E-state index contributed by atoms with van der Waals surface area (Å²) < 4.78 is 10.5. The van der Waals surface area contributed by atoms with Crippen molar-refractivity contribution in [2.24, 2.45) is 0 Å². The smallest absolute Gasteiger partial charge is 0.340 e. The number of benzene rings is 1. The Morgan fingerprint density at radius 2 is 1.83 bits per heavy atom. The number of quaternary nitrogens is 1. The van der Waals surface area contributed by atoms with Gasteiger partial charge in [0, 0.05) is 6.42 Å². The summed E-state index contributed by atoms with van der Waals surface area (Å²) >= 11 is 0. The molecule has 0 aromatic heterocycles. The monoisotopic (exact) mass is 323 g/mol. The van der Waals surface area contributed by atoms with Gasteiger partial charge in [0.05, 0.1) is 46.6 Å². The molecule has 0 fully saturated rings. The number of ether oxygens (including phenoxy) is 2. The van der Waals surface area contributed by atoms with Gasteiger partial charge in [0.15, 0.2) is 6.04 Å². The number of aryl methyl sites for hydroxylation is 1. The summed E-state index contributed by atoms with van der Waals surface area (Å²) in [5, 5.41) is 2.89. The first-order valence-corrected chi connectivity index (χ1v) is 7.54. The van der Waals surface area contributed by atoms with Gasteiger partial charge in [0.25, 0.3) is 5.91 Å². The highest BCUT2D eigenvalue weighted by atomic mass is 16.5. The minimum absolute atomic E-state index is 0.126. The summed E-state index contributed by atoms with van der Waals surface area (Å²) in [6.07, 6.45) is 0.693. The molecule has 23 heavy (non-hydrogen) atoms. The van der Waals surface area contributed by atoms with Gasteiger partial charge in [-0.1, -0.05) is 6.92 Å². The zero-order valence-corrected chi connectivity index (χ0v) is 15.0. The molecule has 0 saturated carbocycles. The lowest BCUT2D eigenvalue weighted by Crippen LogP contribution is -2.51. The van der Waals surface area contributed by atoms with Crippen molar-refractivity contribution in [3.8, 4) is 5.75 Å². The normalized spacial score (nSPS) is 12.5. The number of carbonyl (C=O) groups is 2. The van der Waals surface area contributed by atoms with Crippen LogP contribution in [0.1, 0.15) is 29.3 Å². The van der Waals surface area contributed by atoms with Crippen molar-refractivity contribution in [2.75, 3.05) is 40.7 Å². The van der Waals surface area contributed by atoms with Crippen molar-refractivity contribution in [3.05, 3.63) is 23.3 Å². The lowest BCUT2D eigenvalue weighted by molar-refractivity contribution is -0.886. The van der Waals surface area contributed by atoms with Crippen LogP contribution < -0.4 is 10.1 Å². The predicted octanol–water partition coefficient (Wildman–Crippen LogP) is 2.21. The van der Waals surface area contributed by atoms with Crippen LogP contribution in [0.5, 0.6) is 5.75 Å². The van der Waals surface area contributed by atoms with Crippen molar-refractivity contribution in [2.45, 2.75) is 26.3 Å². The number of hydrogen-bond donors (Lipinski definition) is 1. The summed E-state index contributed by atoms with van der Waals surface area (Å²) in [5.74, 6) is -0.0986. The molecule has 0 heterocycles. The number of amides is 1. The first kappa shape index (κ1) is 19.0. The maximum absolute atomic E-state index is 12.7. The molecule has 0 aliphatic carbocycles. The molecule has 6 nitrogen and oxygen atoms in total. The summed E-state index contributed by atoms with van der Waals surface area (Å²) in [6, 6.07) is 3.12. The van der Waals surface area contributed by atoms with Crippen LogP contribution in [-0.4, -0.2) is 57.8 Å². The van der Waals surface area contributed by atoms with Gasteiger partial charge in [-0.15, -0.1) is 0 Å². The van der Waals surface area contributed by atoms with E-state index in [1.807, 2.05) is 35.0 Å². The molecular weight excluding hydrogens is 296 g/mol. The van der Waals surface area contributed by atoms with Gasteiger partial charge in [-0.05, 0) is 24.6 Å². The molecule has 0 bridgehead atoms. The van der Waals surface area contributed by atoms with Crippen molar-refractivity contribution in [1.82, 2.24) is 0 Å². The van der Waals surface area contributed by atoms with E-state index >= 15 is 0 Å². The lowest BCUT2D eigenvalue weighted by atomic mass is 10.1. The number of nitrogens with zero attached hydrogens (tertiary/aromatic N) is 1. The Morgan fingerprint density at radius 1 is 1.22 bits per heavy atom. The second-order valence-electron chi connectivity index (χ2n) is 6.39. The Hall–Kier alpha value is -2.08. The maximum Gasteiger partial charge on any atom is 0.340 e. The molecule has 0 aliphatic heterocycles. The molecule has 128 valence electrons. The zero-order chi connectivity index (χ0) is 17.8. The van der Waals surface area contributed by atoms with Crippen molar-refractivity contribution in [3.63, 3.8) is 0 Å². The van der Waals surface area contributed by atoms with E-state index in [9.17, 15) is 9.59 Å². The van der Waals surface area contributed by atoms with Crippen LogP contribution in [0.25, 0.3) is 0 Å². The molecule has 1 rings (SSSR count). The highest BCUT2D eigenvalue weighted by Gasteiger charge is 2.31. The number of anilines is 1. The minimum atomic E-state index is -0.513. The summed E-state index contributed by atoms with van der Waals surface area (Å²) in [7, 11) is 8.74. The summed E-state index contributed by atoms with van der Waals surface area (Å²) in [4.78, 5) is 24.7. The number of nitrogens with one attached hydrogen (secondary N) is 1. The van der Waals surface area contributed by atoms with Crippen molar-refractivity contribution in [1.29, 1.82) is 0 Å². The standard InChI is InChI=1S/C17H26N2O4/c1-8-14(19(3,4)5)16(20)18-15-11(2)9-12(22-6)10-13(15)17(21)23-7/h9-10,14H,8H2,1-7H3/p+1. The third kappa shape index (κ3) is 4.45. The number of rotatable bonds is 6. The molecule has 0 aliphatic rings. The molecular formula is C17H27N2O4+. The highest BCUT2D eigenvalue weighted by Crippen LogP contribution is 2.28. The van der Waals surface area contributed by atoms with Crippen LogP contribution in [0.2, 0.25) is 0 Å². The van der Waals surface area contributed by atoms with Crippen LogP contribution in [0.15, 0.2) is 12.1 Å². The first-order valence-electron chi connectivity index (χ1n) is 7.54. The van der Waals surface area contributed by atoms with E-state index < -0.39 is 5.97 Å². The number of methoxy groups -OCH3 is 2. The number of likely N-dealkylation sites (N-methyl/N-ethyl adjacent to an activating group) is 1. The third-order valence-electron chi connectivity index (χ3n) is 3.82. The van der Waals surface area contributed by atoms with Crippen molar-refractivity contribution < 1.29 is 23.5 Å². The number of hydrogen-bond acceptors (Lipinski definition) is 4. The van der Waals surface area contributed by atoms with Gasteiger partial charge in [-0.25, -0.2) is 4.79 Å². The Bertz CT molecular complexity index is 591. The first-order chi connectivity index (χ1) is 10.6. The van der Waals surface area contributed by atoms with Crippen LogP contribution >= 0.6 is 0 Å². The van der Waals surface area contributed by atoms with Gasteiger partial charge < -0.3 is 19.3 Å². The van der Waals surface area contributed by atoms with E-state index in [-0.39, 0.29) is 17.5 Å². The van der Waals surface area contributed by atoms with E-state index in [2.05, 4.69) is 5.32 Å². The van der Waals surface area contributed by atoms with E-state index in [0.29, 0.717) is 22.3 Å². The molecule has 1 aromatic rings. The zero-order valence-electron chi connectivity index (χ0n) is 15.0. The van der Waals surface area contributed by atoms with Crippen LogP contribution in [-0.2, 0) is 9.53 Å². The van der Waals surface area contributed by atoms with Crippen molar-refractivity contribution >= 4 is 17.6 Å². The Balaban J connectivity index is 3.26. The quantitative estimate of drug-likeness (QED) is 0.644. The molecule has 1 aromatic carbocycles. The van der Waals surface area contributed by atoms with E-state index in [4.69, 9.17) is 9.47 Å². The maximum atomic E-state index is 12.7. The molecule has 0 radical (unpaired) electrons. The number of esters is 1. The average Bonchev–Trinajstić information content (AvgIpc) is 2.47. The highest BCUT2D eigenvalue weighted by molar-refractivity contribution is 6.03. The van der Waals surface area contributed by atoms with Gasteiger partial charge in [0.1, 0.15) is 5.75 Å².